The molecule has 302 valence electrons. The summed E-state index contributed by atoms with van der Waals surface area (Å²) in [7, 11) is 4.50. The number of nitrogens with two attached hydrogens (primary N) is 1. The fourth-order valence-corrected chi connectivity index (χ4v) is 6.79. The third-order valence-electron chi connectivity index (χ3n) is 8.19. The quantitative estimate of drug-likeness (QED) is 0.0683. The predicted octanol–water partition coefficient (Wildman–Crippen LogP) is 7.13. The van der Waals surface area contributed by atoms with Crippen molar-refractivity contribution >= 4 is 79.8 Å². The maximum Gasteiger partial charge on any atom is 0.325 e. The maximum absolute atomic E-state index is 13.1. The van der Waals surface area contributed by atoms with Gasteiger partial charge in [-0.25, -0.2) is 19.6 Å². The molecule has 6 amide bonds. The highest BCUT2D eigenvalue weighted by Gasteiger charge is 2.21. The molecule has 6 aromatic rings. The first-order valence-corrected chi connectivity index (χ1v) is 19.1. The smallest absolute Gasteiger partial charge is 0.325 e. The molecule has 0 saturated heterocycles. The van der Waals surface area contributed by atoms with Crippen LogP contribution < -0.4 is 41.8 Å². The normalized spacial score (nSPS) is 10.3. The second kappa shape index (κ2) is 19.6. The largest absolute Gasteiger partial charge is 0.496 e. The van der Waals surface area contributed by atoms with E-state index in [1.807, 2.05) is 13.8 Å². The fraction of sp³-hybridized carbons (Fsp3) is 0.122. The van der Waals surface area contributed by atoms with E-state index >= 15 is 0 Å². The molecule has 0 saturated carbocycles. The monoisotopic (exact) mass is 834 g/mol. The Morgan fingerprint density at radius 1 is 0.576 bits per heavy atom. The first-order chi connectivity index (χ1) is 28.3. The van der Waals surface area contributed by atoms with Crippen molar-refractivity contribution in [3.63, 3.8) is 0 Å². The molecule has 4 aromatic carbocycles. The highest BCUT2D eigenvalue weighted by atomic mass is 32.1. The number of hydrogen-bond donors (Lipinski definition) is 6. The zero-order valence-corrected chi connectivity index (χ0v) is 33.9. The first kappa shape index (κ1) is 42.7. The lowest BCUT2D eigenvalue weighted by Crippen LogP contribution is -2.21. The molecule has 16 nitrogen and oxygen atoms in total. The summed E-state index contributed by atoms with van der Waals surface area (Å²) < 4.78 is 10.6. The number of benzene rings is 4. The third-order valence-corrected chi connectivity index (χ3v) is 10.0. The molecule has 0 aliphatic heterocycles. The summed E-state index contributed by atoms with van der Waals surface area (Å²) >= 11 is 1.99. The van der Waals surface area contributed by atoms with E-state index in [0.717, 1.165) is 33.8 Å². The minimum absolute atomic E-state index is 0.209. The van der Waals surface area contributed by atoms with E-state index < -0.39 is 18.0 Å². The van der Waals surface area contributed by atoms with Crippen LogP contribution in [0.15, 0.2) is 97.3 Å². The summed E-state index contributed by atoms with van der Waals surface area (Å²) in [5.41, 5.74) is 9.02. The summed E-state index contributed by atoms with van der Waals surface area (Å²) in [5.74, 6) is -0.585. The average molecular weight is 835 g/mol. The molecule has 59 heavy (non-hydrogen) atoms. The Balaban J connectivity index is 0.000000224. The fourth-order valence-electron chi connectivity index (χ4n) is 5.37. The van der Waals surface area contributed by atoms with E-state index in [-0.39, 0.29) is 32.6 Å². The molecule has 0 fully saturated rings. The lowest BCUT2D eigenvalue weighted by Gasteiger charge is -2.13. The van der Waals surface area contributed by atoms with Crippen molar-refractivity contribution in [2.24, 2.45) is 5.73 Å². The van der Waals surface area contributed by atoms with Gasteiger partial charge in [-0.1, -0.05) is 70.2 Å². The topological polar surface area (TPSA) is 233 Å². The SMILES string of the molecule is CNC(=O)c1cnc(NC(=O)Nc2ccc(C)cc2C(=O)c2ccccc2OC)s1.COc1ccccc1C(=O)c1cc(C)ccc1NC(=O)Nc1ncc(C(N)=O)s1. The molecular weight excluding hydrogens is 797 g/mol. The van der Waals surface area contributed by atoms with E-state index in [0.29, 0.717) is 50.0 Å². The number of aromatic nitrogens is 2. The van der Waals surface area contributed by atoms with Crippen LogP contribution >= 0.6 is 22.7 Å². The van der Waals surface area contributed by atoms with Crippen LogP contribution in [0.5, 0.6) is 11.5 Å². The van der Waals surface area contributed by atoms with Gasteiger partial charge in [0, 0.05) is 18.2 Å². The van der Waals surface area contributed by atoms with E-state index in [1.54, 1.807) is 84.9 Å². The number of rotatable bonds is 12. The van der Waals surface area contributed by atoms with Crippen LogP contribution in [0.25, 0.3) is 0 Å². The molecule has 0 aliphatic rings. The van der Waals surface area contributed by atoms with Crippen molar-refractivity contribution in [2.45, 2.75) is 13.8 Å². The van der Waals surface area contributed by atoms with Crippen molar-refractivity contribution in [3.8, 4) is 11.5 Å². The van der Waals surface area contributed by atoms with Crippen molar-refractivity contribution < 1.29 is 38.2 Å². The van der Waals surface area contributed by atoms with Crippen LogP contribution in [0, 0.1) is 13.8 Å². The van der Waals surface area contributed by atoms with Crippen molar-refractivity contribution in [3.05, 3.63) is 140 Å². The Hall–Kier alpha value is -7.44. The second-order valence-electron chi connectivity index (χ2n) is 12.3. The summed E-state index contributed by atoms with van der Waals surface area (Å²) in [6, 6.07) is 22.9. The van der Waals surface area contributed by atoms with E-state index in [2.05, 4.69) is 36.6 Å². The number of ether oxygens (including phenoxy) is 2. The molecule has 0 unspecified atom stereocenters. The van der Waals surface area contributed by atoms with Crippen molar-refractivity contribution in [1.29, 1.82) is 0 Å². The number of methoxy groups -OCH3 is 2. The Bertz CT molecular complexity index is 2550. The molecule has 2 aromatic heterocycles. The molecule has 0 atom stereocenters. The molecule has 0 aliphatic carbocycles. The van der Waals surface area contributed by atoms with Crippen LogP contribution in [0.2, 0.25) is 0 Å². The lowest BCUT2D eigenvalue weighted by molar-refractivity contribution is 0.0964. The standard InChI is InChI=1S/C21H20N4O4S.C20H18N4O4S/c1-12-8-9-15(14(10-12)18(26)13-6-4-5-7-16(13)29-3)24-20(28)25-21-23-11-17(30-21)19(27)22-2;1-11-7-8-14(23-19(27)24-20-22-10-16(29-20)18(21)26)13(9-11)17(25)12-5-3-4-6-15(12)28-2/h4-11H,1-3H3,(H,22,27)(H2,23,24,25,28);3-10H,1-2H3,(H2,21,26)(H2,22,23,24,27). The zero-order valence-electron chi connectivity index (χ0n) is 32.3. The Morgan fingerprint density at radius 3 is 1.41 bits per heavy atom. The number of amides is 6. The number of carbonyl (C=O) groups is 6. The minimum atomic E-state index is -0.626. The van der Waals surface area contributed by atoms with Crippen molar-refractivity contribution in [2.75, 3.05) is 42.5 Å². The van der Waals surface area contributed by atoms with Gasteiger partial charge in [-0.3, -0.25) is 29.8 Å². The van der Waals surface area contributed by atoms with Crippen LogP contribution in [-0.4, -0.2) is 66.7 Å². The predicted molar refractivity (Wildman–Crippen MR) is 227 cm³/mol. The molecule has 18 heteroatoms. The van der Waals surface area contributed by atoms with E-state index in [1.165, 1.54) is 33.7 Å². The third kappa shape index (κ3) is 10.9. The molecule has 0 bridgehead atoms. The number of carbonyl (C=O) groups excluding carboxylic acids is 6. The van der Waals surface area contributed by atoms with Gasteiger partial charge in [0.2, 0.25) is 0 Å². The summed E-state index contributed by atoms with van der Waals surface area (Å²) in [5, 5.41) is 13.4. The number of nitrogens with zero attached hydrogens (tertiary/aromatic N) is 2. The second-order valence-corrected chi connectivity index (χ2v) is 14.4. The lowest BCUT2D eigenvalue weighted by atomic mass is 9.99. The van der Waals surface area contributed by atoms with Gasteiger partial charge in [0.1, 0.15) is 21.3 Å². The van der Waals surface area contributed by atoms with E-state index in [9.17, 15) is 28.8 Å². The van der Waals surface area contributed by atoms with E-state index in [4.69, 9.17) is 15.2 Å². The highest BCUT2D eigenvalue weighted by molar-refractivity contribution is 7.18. The number of anilines is 4. The van der Waals surface area contributed by atoms with Gasteiger partial charge in [-0.2, -0.15) is 0 Å². The molecule has 7 N–H and O–H groups in total. The number of urea groups is 2. The molecule has 0 spiro atoms. The number of hydrogen-bond acceptors (Lipinski definition) is 12. The zero-order chi connectivity index (χ0) is 42.6. The molecule has 0 radical (unpaired) electrons. The Kier molecular flexibility index (Phi) is 14.2. The van der Waals surface area contributed by atoms with Crippen molar-refractivity contribution in [1.82, 2.24) is 15.3 Å². The van der Waals surface area contributed by atoms with Gasteiger partial charge in [0.15, 0.2) is 21.8 Å². The average Bonchev–Trinajstić information content (AvgIpc) is 3.91. The van der Waals surface area contributed by atoms with Gasteiger partial charge in [-0.15, -0.1) is 0 Å². The number of nitrogens with one attached hydrogen (secondary N) is 5. The van der Waals surface area contributed by atoms with Crippen LogP contribution in [0.4, 0.5) is 31.2 Å². The van der Waals surface area contributed by atoms with Gasteiger partial charge < -0.3 is 31.2 Å². The molecule has 6 rings (SSSR count). The number of primary amides is 1. The minimum Gasteiger partial charge on any atom is -0.496 e. The summed E-state index contributed by atoms with van der Waals surface area (Å²) in [4.78, 5) is 82.4. The summed E-state index contributed by atoms with van der Waals surface area (Å²) in [6.45, 7) is 3.71. The number of para-hydroxylation sites is 2. The van der Waals surface area contributed by atoms with Gasteiger partial charge in [0.05, 0.1) is 49.1 Å². The van der Waals surface area contributed by atoms with Gasteiger partial charge in [0.25, 0.3) is 11.8 Å². The maximum atomic E-state index is 13.1. The first-order valence-electron chi connectivity index (χ1n) is 17.5. The van der Waals surface area contributed by atoms with Crippen LogP contribution in [0.3, 0.4) is 0 Å². The van der Waals surface area contributed by atoms with Crippen LogP contribution in [-0.2, 0) is 0 Å². The van der Waals surface area contributed by atoms with Gasteiger partial charge in [-0.05, 0) is 62.4 Å². The summed E-state index contributed by atoms with van der Waals surface area (Å²) in [6.07, 6.45) is 2.66. The number of aryl methyl sites for hydroxylation is 2. The Labute approximate surface area is 346 Å². The van der Waals surface area contributed by atoms with Gasteiger partial charge >= 0.3 is 12.1 Å². The molecular formula is C41H38N8O8S2. The number of ketones is 2. The highest BCUT2D eigenvalue weighted by Crippen LogP contribution is 2.28. The Morgan fingerprint density at radius 2 is 1.00 bits per heavy atom. The number of thiazole rings is 2. The van der Waals surface area contributed by atoms with Crippen LogP contribution in [0.1, 0.15) is 62.3 Å². The molecule has 2 heterocycles.